The molecule has 1 aromatic rings. The van der Waals surface area contributed by atoms with Gasteiger partial charge in [-0.25, -0.2) is 4.79 Å². The Balaban J connectivity index is 2.89. The first-order chi connectivity index (χ1) is 8.87. The van der Waals surface area contributed by atoms with Crippen molar-refractivity contribution in [2.45, 2.75) is 26.2 Å². The van der Waals surface area contributed by atoms with E-state index in [-0.39, 0.29) is 0 Å². The Kier molecular flexibility index (Phi) is 4.71. The van der Waals surface area contributed by atoms with Gasteiger partial charge < -0.3 is 9.84 Å². The standard InChI is InChI=1S/C15H16O4/c1-4-19-13(16)10-7-11-5-8-12(9-6-11)15(2,3)14(17)18/h5-6,8-9H,4H2,1-3H3,(H,17,18). The molecule has 0 saturated heterocycles. The van der Waals surface area contributed by atoms with E-state index in [1.807, 2.05) is 0 Å². The van der Waals surface area contributed by atoms with Gasteiger partial charge in [0.25, 0.3) is 0 Å². The predicted octanol–water partition coefficient (Wildman–Crippen LogP) is 1.96. The summed E-state index contributed by atoms with van der Waals surface area (Å²) in [5, 5.41) is 9.11. The van der Waals surface area contributed by atoms with Crippen LogP contribution in [-0.4, -0.2) is 23.7 Å². The normalized spacial score (nSPS) is 10.3. The number of ether oxygens (including phenoxy) is 1. The second kappa shape index (κ2) is 6.05. The SMILES string of the molecule is CCOC(=O)C#Cc1ccc(C(C)(C)C(=O)O)cc1. The summed E-state index contributed by atoms with van der Waals surface area (Å²) in [5.41, 5.74) is 0.368. The Morgan fingerprint density at radius 2 is 1.84 bits per heavy atom. The molecular formula is C15H16O4. The van der Waals surface area contributed by atoms with Crippen LogP contribution in [-0.2, 0) is 19.7 Å². The van der Waals surface area contributed by atoms with Crippen molar-refractivity contribution in [2.24, 2.45) is 0 Å². The molecule has 0 radical (unpaired) electrons. The summed E-state index contributed by atoms with van der Waals surface area (Å²) in [7, 11) is 0. The van der Waals surface area contributed by atoms with Crippen molar-refractivity contribution in [1.82, 2.24) is 0 Å². The van der Waals surface area contributed by atoms with Crippen LogP contribution in [0.4, 0.5) is 0 Å². The van der Waals surface area contributed by atoms with Crippen molar-refractivity contribution in [1.29, 1.82) is 0 Å². The van der Waals surface area contributed by atoms with Crippen molar-refractivity contribution < 1.29 is 19.4 Å². The fourth-order valence-electron chi connectivity index (χ4n) is 1.38. The van der Waals surface area contributed by atoms with Gasteiger partial charge >= 0.3 is 11.9 Å². The van der Waals surface area contributed by atoms with Gasteiger partial charge in [-0.3, -0.25) is 4.79 Å². The number of esters is 1. The number of carboxylic acid groups (broad SMARTS) is 1. The van der Waals surface area contributed by atoms with E-state index >= 15 is 0 Å². The minimum absolute atomic E-state index is 0.291. The highest BCUT2D eigenvalue weighted by atomic mass is 16.5. The van der Waals surface area contributed by atoms with Crippen molar-refractivity contribution in [3.63, 3.8) is 0 Å². The van der Waals surface area contributed by atoms with E-state index < -0.39 is 17.4 Å². The Morgan fingerprint density at radius 3 is 2.32 bits per heavy atom. The lowest BCUT2D eigenvalue weighted by Crippen LogP contribution is -2.28. The van der Waals surface area contributed by atoms with Crippen LogP contribution in [0.15, 0.2) is 24.3 Å². The van der Waals surface area contributed by atoms with E-state index in [1.54, 1.807) is 45.0 Å². The summed E-state index contributed by atoms with van der Waals surface area (Å²) >= 11 is 0. The van der Waals surface area contributed by atoms with Crippen LogP contribution in [0.1, 0.15) is 31.9 Å². The van der Waals surface area contributed by atoms with Crippen LogP contribution in [0.3, 0.4) is 0 Å². The largest absolute Gasteiger partial charge is 0.481 e. The molecular weight excluding hydrogens is 244 g/mol. The van der Waals surface area contributed by atoms with Crippen LogP contribution in [0.5, 0.6) is 0 Å². The van der Waals surface area contributed by atoms with E-state index in [1.165, 1.54) is 0 Å². The molecule has 1 N–H and O–H groups in total. The van der Waals surface area contributed by atoms with Gasteiger partial charge in [0.2, 0.25) is 0 Å². The van der Waals surface area contributed by atoms with Crippen molar-refractivity contribution >= 4 is 11.9 Å². The number of hydrogen-bond donors (Lipinski definition) is 1. The van der Waals surface area contributed by atoms with Crippen LogP contribution in [0, 0.1) is 11.8 Å². The number of carbonyl (C=O) groups excluding carboxylic acids is 1. The number of carboxylic acids is 1. The minimum Gasteiger partial charge on any atom is -0.481 e. The third kappa shape index (κ3) is 3.85. The zero-order valence-corrected chi connectivity index (χ0v) is 11.2. The van der Waals surface area contributed by atoms with Gasteiger partial charge in [-0.2, -0.15) is 0 Å². The second-order valence-electron chi connectivity index (χ2n) is 4.48. The van der Waals surface area contributed by atoms with E-state index in [0.29, 0.717) is 17.7 Å². The van der Waals surface area contributed by atoms with E-state index in [0.717, 1.165) is 0 Å². The molecule has 0 aliphatic heterocycles. The molecule has 4 heteroatoms. The Morgan fingerprint density at radius 1 is 1.26 bits per heavy atom. The molecule has 4 nitrogen and oxygen atoms in total. The third-order valence-corrected chi connectivity index (χ3v) is 2.73. The summed E-state index contributed by atoms with van der Waals surface area (Å²) in [6, 6.07) is 6.77. The maximum Gasteiger partial charge on any atom is 0.384 e. The van der Waals surface area contributed by atoms with Gasteiger partial charge in [0.1, 0.15) is 0 Å². The molecule has 0 amide bonds. The predicted molar refractivity (Wildman–Crippen MR) is 70.6 cm³/mol. The molecule has 0 heterocycles. The van der Waals surface area contributed by atoms with Gasteiger partial charge in [0, 0.05) is 11.5 Å². The molecule has 0 aromatic heterocycles. The third-order valence-electron chi connectivity index (χ3n) is 2.73. The lowest BCUT2D eigenvalue weighted by atomic mass is 9.84. The van der Waals surface area contributed by atoms with Gasteiger partial charge in [-0.05, 0) is 38.5 Å². The first-order valence-corrected chi connectivity index (χ1v) is 5.90. The number of rotatable bonds is 3. The summed E-state index contributed by atoms with van der Waals surface area (Å²) in [5.74, 6) is 3.56. The number of aliphatic carboxylic acids is 1. The van der Waals surface area contributed by atoms with Gasteiger partial charge in [0.15, 0.2) is 0 Å². The lowest BCUT2D eigenvalue weighted by molar-refractivity contribution is -0.142. The topological polar surface area (TPSA) is 63.6 Å². The molecule has 1 rings (SSSR count). The fourth-order valence-corrected chi connectivity index (χ4v) is 1.38. The fraction of sp³-hybridized carbons (Fsp3) is 0.333. The first-order valence-electron chi connectivity index (χ1n) is 5.90. The Hall–Kier alpha value is -2.28. The second-order valence-corrected chi connectivity index (χ2v) is 4.48. The summed E-state index contributed by atoms with van der Waals surface area (Å²) in [6.45, 7) is 5.27. The molecule has 1 aromatic carbocycles. The van der Waals surface area contributed by atoms with Crippen LogP contribution in [0.25, 0.3) is 0 Å². The molecule has 0 saturated carbocycles. The molecule has 0 spiro atoms. The first kappa shape index (κ1) is 14.8. The smallest absolute Gasteiger partial charge is 0.384 e. The Labute approximate surface area is 112 Å². The van der Waals surface area contributed by atoms with E-state index in [4.69, 9.17) is 5.11 Å². The maximum absolute atomic E-state index is 11.1. The number of carbonyl (C=O) groups is 2. The molecule has 0 fully saturated rings. The number of benzene rings is 1. The van der Waals surface area contributed by atoms with Crippen LogP contribution >= 0.6 is 0 Å². The highest BCUT2D eigenvalue weighted by Crippen LogP contribution is 2.23. The van der Waals surface area contributed by atoms with E-state index in [9.17, 15) is 9.59 Å². The molecule has 0 bridgehead atoms. The minimum atomic E-state index is -0.951. The average Bonchev–Trinajstić information content (AvgIpc) is 2.37. The highest BCUT2D eigenvalue weighted by molar-refractivity contribution is 5.89. The van der Waals surface area contributed by atoms with Crippen molar-refractivity contribution in [3.05, 3.63) is 35.4 Å². The molecule has 19 heavy (non-hydrogen) atoms. The molecule has 0 aliphatic rings. The quantitative estimate of drug-likeness (QED) is 0.666. The molecule has 0 unspecified atom stereocenters. The van der Waals surface area contributed by atoms with Crippen molar-refractivity contribution in [3.8, 4) is 11.8 Å². The lowest BCUT2D eigenvalue weighted by Gasteiger charge is -2.19. The monoisotopic (exact) mass is 260 g/mol. The van der Waals surface area contributed by atoms with Crippen molar-refractivity contribution in [2.75, 3.05) is 6.61 Å². The molecule has 100 valence electrons. The van der Waals surface area contributed by atoms with Crippen LogP contribution in [0.2, 0.25) is 0 Å². The van der Waals surface area contributed by atoms with E-state index in [2.05, 4.69) is 16.6 Å². The zero-order chi connectivity index (χ0) is 14.5. The van der Waals surface area contributed by atoms with Gasteiger partial charge in [-0.15, -0.1) is 0 Å². The van der Waals surface area contributed by atoms with Gasteiger partial charge in [-0.1, -0.05) is 18.1 Å². The highest BCUT2D eigenvalue weighted by Gasteiger charge is 2.28. The number of hydrogen-bond acceptors (Lipinski definition) is 3. The van der Waals surface area contributed by atoms with Crippen LogP contribution < -0.4 is 0 Å². The summed E-state index contributed by atoms with van der Waals surface area (Å²) < 4.78 is 4.68. The summed E-state index contributed by atoms with van der Waals surface area (Å²) in [4.78, 5) is 22.2. The summed E-state index contributed by atoms with van der Waals surface area (Å²) in [6.07, 6.45) is 0. The Bertz CT molecular complexity index is 530. The average molecular weight is 260 g/mol. The molecule has 0 atom stereocenters. The maximum atomic E-state index is 11.1. The molecule has 0 aliphatic carbocycles. The van der Waals surface area contributed by atoms with Gasteiger partial charge in [0.05, 0.1) is 12.0 Å². The zero-order valence-electron chi connectivity index (χ0n) is 11.2.